The van der Waals surface area contributed by atoms with Crippen LogP contribution in [0.3, 0.4) is 0 Å². The number of carbonyl (C=O) groups excluding carboxylic acids is 2. The second kappa shape index (κ2) is 10.0. The fourth-order valence-electron chi connectivity index (χ4n) is 2.05. The third kappa shape index (κ3) is 7.03. The molecule has 0 saturated heterocycles. The quantitative estimate of drug-likeness (QED) is 0.746. The Kier molecular flexibility index (Phi) is 7.45. The maximum absolute atomic E-state index is 12.6. The van der Waals surface area contributed by atoms with Gasteiger partial charge in [-0.3, -0.25) is 9.59 Å². The molecule has 2 amide bonds. The van der Waals surface area contributed by atoms with E-state index in [1.807, 2.05) is 0 Å². The van der Waals surface area contributed by atoms with Gasteiger partial charge in [-0.1, -0.05) is 36.1 Å². The molecule has 2 aromatic carbocycles. The largest absolute Gasteiger partial charge is 0.481 e. The van der Waals surface area contributed by atoms with Gasteiger partial charge in [0.05, 0.1) is 18.7 Å². The summed E-state index contributed by atoms with van der Waals surface area (Å²) in [6.45, 7) is -0.302. The summed E-state index contributed by atoms with van der Waals surface area (Å²) in [5.41, 5.74) is -0.357. The third-order valence-corrected chi connectivity index (χ3v) is 3.42. The Morgan fingerprint density at radius 2 is 1.71 bits per heavy atom. The summed E-state index contributed by atoms with van der Waals surface area (Å²) >= 11 is 0. The second-order valence-electron chi connectivity index (χ2n) is 5.49. The van der Waals surface area contributed by atoms with E-state index < -0.39 is 17.6 Å². The zero-order chi connectivity index (χ0) is 20.4. The molecule has 0 aromatic heterocycles. The molecular formula is C20H17F3N2O3. The van der Waals surface area contributed by atoms with Crippen molar-refractivity contribution < 1.29 is 27.5 Å². The average Bonchev–Trinajstić information content (AvgIpc) is 2.69. The summed E-state index contributed by atoms with van der Waals surface area (Å²) < 4.78 is 42.9. The lowest BCUT2D eigenvalue weighted by molar-refractivity contribution is -0.137. The smallest absolute Gasteiger partial charge is 0.416 e. The molecule has 146 valence electrons. The lowest BCUT2D eigenvalue weighted by Crippen LogP contribution is -2.37. The van der Waals surface area contributed by atoms with Crippen molar-refractivity contribution in [3.05, 3.63) is 65.7 Å². The van der Waals surface area contributed by atoms with Crippen LogP contribution in [0, 0.1) is 11.8 Å². The standard InChI is InChI=1S/C20H17F3N2O3/c21-20(22,23)16-9-6-10-17(13-16)28-12-5-4-11-24-18(26)14-25-19(27)15-7-2-1-3-8-15/h1-3,6-10,13H,11-12,14H2,(H,24,26)(H,25,27). The van der Waals surface area contributed by atoms with Crippen LogP contribution in [0.5, 0.6) is 5.75 Å². The Morgan fingerprint density at radius 3 is 2.43 bits per heavy atom. The lowest BCUT2D eigenvalue weighted by Gasteiger charge is -2.08. The SMILES string of the molecule is O=C(CNC(=O)c1ccccc1)NCC#CCOc1cccc(C(F)(F)F)c1. The molecule has 8 heteroatoms. The first kappa shape index (κ1) is 20.8. The molecule has 28 heavy (non-hydrogen) atoms. The Balaban J connectivity index is 1.67. The molecule has 0 atom stereocenters. The summed E-state index contributed by atoms with van der Waals surface area (Å²) in [4.78, 5) is 23.4. The Bertz CT molecular complexity index is 872. The molecule has 5 nitrogen and oxygen atoms in total. The molecule has 0 aliphatic carbocycles. The minimum atomic E-state index is -4.44. The fourth-order valence-corrected chi connectivity index (χ4v) is 2.05. The first-order chi connectivity index (χ1) is 13.4. The Hall–Kier alpha value is -3.47. The van der Waals surface area contributed by atoms with Gasteiger partial charge in [-0.2, -0.15) is 13.2 Å². The molecule has 0 heterocycles. The van der Waals surface area contributed by atoms with E-state index in [2.05, 4.69) is 22.5 Å². The first-order valence-corrected chi connectivity index (χ1v) is 8.22. The van der Waals surface area contributed by atoms with Crippen molar-refractivity contribution in [3.8, 4) is 17.6 Å². The van der Waals surface area contributed by atoms with E-state index >= 15 is 0 Å². The van der Waals surface area contributed by atoms with E-state index in [0.29, 0.717) is 5.56 Å². The van der Waals surface area contributed by atoms with Gasteiger partial charge in [0, 0.05) is 5.56 Å². The van der Waals surface area contributed by atoms with Gasteiger partial charge < -0.3 is 15.4 Å². The monoisotopic (exact) mass is 390 g/mol. The second-order valence-corrected chi connectivity index (χ2v) is 5.49. The van der Waals surface area contributed by atoms with E-state index in [0.717, 1.165) is 12.1 Å². The van der Waals surface area contributed by atoms with E-state index in [-0.39, 0.29) is 31.4 Å². The van der Waals surface area contributed by atoms with Crippen LogP contribution in [0.1, 0.15) is 15.9 Å². The highest BCUT2D eigenvalue weighted by molar-refractivity contribution is 5.96. The van der Waals surface area contributed by atoms with Crippen molar-refractivity contribution in [2.75, 3.05) is 19.7 Å². The van der Waals surface area contributed by atoms with Crippen molar-refractivity contribution in [1.29, 1.82) is 0 Å². The van der Waals surface area contributed by atoms with Gasteiger partial charge in [0.15, 0.2) is 0 Å². The molecule has 0 radical (unpaired) electrons. The maximum Gasteiger partial charge on any atom is 0.416 e. The number of carbonyl (C=O) groups is 2. The molecule has 2 N–H and O–H groups in total. The van der Waals surface area contributed by atoms with E-state index in [4.69, 9.17) is 4.74 Å². The number of ether oxygens (including phenoxy) is 1. The molecule has 0 spiro atoms. The van der Waals surface area contributed by atoms with Gasteiger partial charge in [0.1, 0.15) is 12.4 Å². The maximum atomic E-state index is 12.6. The number of alkyl halides is 3. The summed E-state index contributed by atoms with van der Waals surface area (Å²) in [6.07, 6.45) is -4.44. The predicted octanol–water partition coefficient (Wildman–Crippen LogP) is 2.63. The Morgan fingerprint density at radius 1 is 0.964 bits per heavy atom. The van der Waals surface area contributed by atoms with Crippen LogP contribution in [-0.2, 0) is 11.0 Å². The van der Waals surface area contributed by atoms with Gasteiger partial charge in [0.2, 0.25) is 5.91 Å². The number of benzene rings is 2. The van der Waals surface area contributed by atoms with Crippen LogP contribution in [0.15, 0.2) is 54.6 Å². The molecule has 0 saturated carbocycles. The van der Waals surface area contributed by atoms with Crippen molar-refractivity contribution in [3.63, 3.8) is 0 Å². The highest BCUT2D eigenvalue weighted by atomic mass is 19.4. The van der Waals surface area contributed by atoms with Crippen LogP contribution in [0.4, 0.5) is 13.2 Å². The van der Waals surface area contributed by atoms with Gasteiger partial charge >= 0.3 is 6.18 Å². The number of halogens is 3. The summed E-state index contributed by atoms with van der Waals surface area (Å²) in [6, 6.07) is 12.9. The highest BCUT2D eigenvalue weighted by Gasteiger charge is 2.30. The number of amides is 2. The molecule has 0 fully saturated rings. The molecule has 0 aliphatic heterocycles. The molecule has 2 aromatic rings. The van der Waals surface area contributed by atoms with E-state index in [1.165, 1.54) is 12.1 Å². The van der Waals surface area contributed by atoms with Gasteiger partial charge in [0.25, 0.3) is 5.91 Å². The molecule has 0 bridgehead atoms. The summed E-state index contributed by atoms with van der Waals surface area (Å²) in [7, 11) is 0. The summed E-state index contributed by atoms with van der Waals surface area (Å²) in [5, 5.41) is 4.96. The number of rotatable bonds is 6. The van der Waals surface area contributed by atoms with Crippen molar-refractivity contribution >= 4 is 11.8 Å². The van der Waals surface area contributed by atoms with Gasteiger partial charge in [-0.15, -0.1) is 0 Å². The zero-order valence-corrected chi connectivity index (χ0v) is 14.7. The molecule has 0 aliphatic rings. The van der Waals surface area contributed by atoms with Crippen LogP contribution in [-0.4, -0.2) is 31.5 Å². The number of hydrogen-bond acceptors (Lipinski definition) is 3. The van der Waals surface area contributed by atoms with Gasteiger partial charge in [-0.25, -0.2) is 0 Å². The number of hydrogen-bond donors (Lipinski definition) is 2. The van der Waals surface area contributed by atoms with Crippen LogP contribution in [0.2, 0.25) is 0 Å². The average molecular weight is 390 g/mol. The summed E-state index contributed by atoms with van der Waals surface area (Å²) in [5.74, 6) is 4.46. The lowest BCUT2D eigenvalue weighted by atomic mass is 10.2. The van der Waals surface area contributed by atoms with Crippen LogP contribution >= 0.6 is 0 Å². The van der Waals surface area contributed by atoms with Crippen molar-refractivity contribution in [2.45, 2.75) is 6.18 Å². The predicted molar refractivity (Wildman–Crippen MR) is 96.5 cm³/mol. The molecule has 2 rings (SSSR count). The van der Waals surface area contributed by atoms with Crippen LogP contribution < -0.4 is 15.4 Å². The molecular weight excluding hydrogens is 373 g/mol. The minimum absolute atomic E-state index is 0.0198. The minimum Gasteiger partial charge on any atom is -0.481 e. The van der Waals surface area contributed by atoms with Crippen molar-refractivity contribution in [1.82, 2.24) is 10.6 Å². The van der Waals surface area contributed by atoms with E-state index in [9.17, 15) is 22.8 Å². The van der Waals surface area contributed by atoms with Crippen LogP contribution in [0.25, 0.3) is 0 Å². The first-order valence-electron chi connectivity index (χ1n) is 8.22. The fraction of sp³-hybridized carbons (Fsp3) is 0.200. The topological polar surface area (TPSA) is 67.4 Å². The normalized spacial score (nSPS) is 10.4. The van der Waals surface area contributed by atoms with Gasteiger partial charge in [-0.05, 0) is 30.3 Å². The third-order valence-electron chi connectivity index (χ3n) is 3.42. The van der Waals surface area contributed by atoms with E-state index in [1.54, 1.807) is 30.3 Å². The molecule has 0 unspecified atom stereocenters. The number of nitrogens with one attached hydrogen (secondary N) is 2. The zero-order valence-electron chi connectivity index (χ0n) is 14.7. The highest BCUT2D eigenvalue weighted by Crippen LogP contribution is 2.31. The Labute approximate surface area is 159 Å². The van der Waals surface area contributed by atoms with Crippen molar-refractivity contribution in [2.24, 2.45) is 0 Å².